The molecule has 0 bridgehead atoms. The molecule has 37 heavy (non-hydrogen) atoms. The number of benzene rings is 2. The maximum absolute atomic E-state index is 13.2. The lowest BCUT2D eigenvalue weighted by Gasteiger charge is -2.35. The number of ether oxygens (including phenoxy) is 2. The lowest BCUT2D eigenvalue weighted by molar-refractivity contribution is -0.137. The number of hydrogen-bond donors (Lipinski definition) is 1. The van der Waals surface area contributed by atoms with Gasteiger partial charge in [0, 0.05) is 32.2 Å². The molecule has 1 unspecified atom stereocenters. The Kier molecular flexibility index (Phi) is 8.95. The van der Waals surface area contributed by atoms with Gasteiger partial charge in [0.05, 0.1) is 31.4 Å². The van der Waals surface area contributed by atoms with Crippen molar-refractivity contribution in [3.63, 3.8) is 0 Å². The van der Waals surface area contributed by atoms with Crippen LogP contribution >= 0.6 is 0 Å². The molecule has 0 radical (unpaired) electrons. The van der Waals surface area contributed by atoms with Gasteiger partial charge in [0.1, 0.15) is 11.5 Å². The van der Waals surface area contributed by atoms with E-state index in [1.165, 1.54) is 0 Å². The summed E-state index contributed by atoms with van der Waals surface area (Å²) in [5.41, 5.74) is 2.73. The van der Waals surface area contributed by atoms with E-state index in [-0.39, 0.29) is 18.2 Å². The highest BCUT2D eigenvalue weighted by Crippen LogP contribution is 2.45. The number of anilines is 1. The molecule has 7 nitrogen and oxygen atoms in total. The van der Waals surface area contributed by atoms with Crippen molar-refractivity contribution in [2.24, 2.45) is 11.8 Å². The lowest BCUT2D eigenvalue weighted by atomic mass is 9.91. The van der Waals surface area contributed by atoms with E-state index in [1.807, 2.05) is 61.2 Å². The molecule has 4 rings (SSSR count). The average molecular weight is 509 g/mol. The molecule has 200 valence electrons. The fourth-order valence-corrected chi connectivity index (χ4v) is 5.40. The summed E-state index contributed by atoms with van der Waals surface area (Å²) in [7, 11) is 1.65. The molecule has 2 aromatic rings. The molecule has 1 N–H and O–H groups in total. The van der Waals surface area contributed by atoms with Crippen LogP contribution in [0.15, 0.2) is 42.5 Å². The molecule has 1 aliphatic carbocycles. The maximum Gasteiger partial charge on any atom is 0.303 e. The smallest absolute Gasteiger partial charge is 0.303 e. The van der Waals surface area contributed by atoms with E-state index in [1.54, 1.807) is 7.11 Å². The van der Waals surface area contributed by atoms with E-state index < -0.39 is 5.97 Å². The van der Waals surface area contributed by atoms with Crippen LogP contribution < -0.4 is 14.4 Å². The van der Waals surface area contributed by atoms with Gasteiger partial charge in [-0.3, -0.25) is 9.59 Å². The van der Waals surface area contributed by atoms with E-state index in [4.69, 9.17) is 9.47 Å². The second-order valence-corrected chi connectivity index (χ2v) is 10.2. The zero-order valence-electron chi connectivity index (χ0n) is 22.3. The molecule has 2 aromatic carbocycles. The summed E-state index contributed by atoms with van der Waals surface area (Å²) in [5.74, 6) is 1.85. The number of amides is 1. The zero-order valence-corrected chi connectivity index (χ0v) is 22.3. The number of carboxylic acid groups (broad SMARTS) is 1. The fraction of sp³-hybridized carbons (Fsp3) is 0.533. The summed E-state index contributed by atoms with van der Waals surface area (Å²) in [6, 6.07) is 13.7. The Morgan fingerprint density at radius 2 is 1.76 bits per heavy atom. The third-order valence-electron chi connectivity index (χ3n) is 7.80. The molecule has 1 heterocycles. The van der Waals surface area contributed by atoms with Gasteiger partial charge in [-0.1, -0.05) is 12.1 Å². The number of hydrogen-bond acceptors (Lipinski definition) is 5. The molecule has 2 fully saturated rings. The van der Waals surface area contributed by atoms with Crippen molar-refractivity contribution in [3.05, 3.63) is 53.6 Å². The monoisotopic (exact) mass is 508 g/mol. The zero-order chi connectivity index (χ0) is 26.4. The minimum Gasteiger partial charge on any atom is -0.497 e. The van der Waals surface area contributed by atoms with Crippen molar-refractivity contribution >= 4 is 17.6 Å². The van der Waals surface area contributed by atoms with Crippen molar-refractivity contribution in [1.29, 1.82) is 0 Å². The number of rotatable bonds is 12. The van der Waals surface area contributed by atoms with Gasteiger partial charge in [-0.25, -0.2) is 0 Å². The van der Waals surface area contributed by atoms with E-state index >= 15 is 0 Å². The molecule has 1 saturated heterocycles. The highest BCUT2D eigenvalue weighted by molar-refractivity contribution is 6.00. The van der Waals surface area contributed by atoms with Crippen LogP contribution in [-0.4, -0.2) is 61.8 Å². The van der Waals surface area contributed by atoms with Crippen molar-refractivity contribution in [2.75, 3.05) is 44.8 Å². The minimum atomic E-state index is -0.743. The van der Waals surface area contributed by atoms with E-state index in [0.29, 0.717) is 31.5 Å². The minimum absolute atomic E-state index is 0.0559. The molecule has 0 spiro atoms. The third-order valence-corrected chi connectivity index (χ3v) is 7.80. The summed E-state index contributed by atoms with van der Waals surface area (Å²) in [4.78, 5) is 28.7. The molecule has 2 aliphatic rings. The van der Waals surface area contributed by atoms with Gasteiger partial charge in [-0.05, 0) is 87.1 Å². The van der Waals surface area contributed by atoms with Gasteiger partial charge < -0.3 is 24.4 Å². The molecule has 7 heteroatoms. The average Bonchev–Trinajstić information content (AvgIpc) is 3.76. The number of carbonyl (C=O) groups excluding carboxylic acids is 1. The van der Waals surface area contributed by atoms with Gasteiger partial charge >= 0.3 is 5.97 Å². The van der Waals surface area contributed by atoms with Crippen LogP contribution in [0.2, 0.25) is 0 Å². The third kappa shape index (κ3) is 6.76. The molecular weight excluding hydrogens is 468 g/mol. The van der Waals surface area contributed by atoms with Crippen LogP contribution in [-0.2, 0) is 4.79 Å². The first kappa shape index (κ1) is 26.8. The van der Waals surface area contributed by atoms with Gasteiger partial charge in [0.2, 0.25) is 0 Å². The lowest BCUT2D eigenvalue weighted by Crippen LogP contribution is -2.38. The summed E-state index contributed by atoms with van der Waals surface area (Å²) >= 11 is 0. The van der Waals surface area contributed by atoms with Gasteiger partial charge in [0.25, 0.3) is 5.91 Å². The standard InChI is InChI=1S/C30H40N2O5/c1-4-31(5-2)30(35)26-12-11-24(36-3)18-28(26)32-15-13-21(14-16-32)20-37-25-8-6-7-23(17-25)27(19-29(33)34)22-9-10-22/h6-8,11-12,17-18,21-22,27H,4-5,9-10,13-16,19-20H2,1-3H3,(H,33,34). The number of carboxylic acids is 1. The van der Waals surface area contributed by atoms with E-state index in [9.17, 15) is 14.7 Å². The Morgan fingerprint density at radius 3 is 2.38 bits per heavy atom. The Bertz CT molecular complexity index is 1070. The first-order valence-corrected chi connectivity index (χ1v) is 13.6. The number of methoxy groups -OCH3 is 1. The van der Waals surface area contributed by atoms with Crippen LogP contribution in [0, 0.1) is 11.8 Å². The molecule has 0 aromatic heterocycles. The quantitative estimate of drug-likeness (QED) is 0.411. The largest absolute Gasteiger partial charge is 0.497 e. The molecule has 1 aliphatic heterocycles. The van der Waals surface area contributed by atoms with Gasteiger partial charge in [0.15, 0.2) is 0 Å². The van der Waals surface area contributed by atoms with Gasteiger partial charge in [-0.15, -0.1) is 0 Å². The van der Waals surface area contributed by atoms with Gasteiger partial charge in [-0.2, -0.15) is 0 Å². The van der Waals surface area contributed by atoms with Crippen LogP contribution in [0.4, 0.5) is 5.69 Å². The predicted molar refractivity (Wildman–Crippen MR) is 145 cm³/mol. The first-order valence-electron chi connectivity index (χ1n) is 13.6. The van der Waals surface area contributed by atoms with E-state index in [0.717, 1.165) is 67.1 Å². The van der Waals surface area contributed by atoms with Crippen LogP contribution in [0.3, 0.4) is 0 Å². The second-order valence-electron chi connectivity index (χ2n) is 10.2. The Balaban J connectivity index is 1.37. The predicted octanol–water partition coefficient (Wildman–Crippen LogP) is 5.44. The highest BCUT2D eigenvalue weighted by atomic mass is 16.5. The topological polar surface area (TPSA) is 79.3 Å². The Hall–Kier alpha value is -3.22. The maximum atomic E-state index is 13.2. The van der Waals surface area contributed by atoms with Crippen LogP contribution in [0.1, 0.15) is 67.8 Å². The van der Waals surface area contributed by atoms with Crippen molar-refractivity contribution in [3.8, 4) is 11.5 Å². The number of piperidine rings is 1. The first-order chi connectivity index (χ1) is 17.9. The Morgan fingerprint density at radius 1 is 1.03 bits per heavy atom. The highest BCUT2D eigenvalue weighted by Gasteiger charge is 2.34. The number of nitrogens with zero attached hydrogens (tertiary/aromatic N) is 2. The summed E-state index contributed by atoms with van der Waals surface area (Å²) in [6.45, 7) is 7.70. The van der Waals surface area contributed by atoms with Crippen molar-refractivity contribution in [1.82, 2.24) is 4.90 Å². The molecule has 1 amide bonds. The number of aliphatic carboxylic acids is 1. The number of carbonyl (C=O) groups is 2. The second kappa shape index (κ2) is 12.3. The summed E-state index contributed by atoms with van der Waals surface area (Å²) in [5, 5.41) is 9.33. The van der Waals surface area contributed by atoms with E-state index in [2.05, 4.69) is 4.90 Å². The van der Waals surface area contributed by atoms with Crippen LogP contribution in [0.25, 0.3) is 0 Å². The van der Waals surface area contributed by atoms with Crippen LogP contribution in [0.5, 0.6) is 11.5 Å². The fourth-order valence-electron chi connectivity index (χ4n) is 5.40. The SMILES string of the molecule is CCN(CC)C(=O)c1ccc(OC)cc1N1CCC(COc2cccc(C(CC(=O)O)C3CC3)c2)CC1. The van der Waals surface area contributed by atoms with Crippen molar-refractivity contribution < 1.29 is 24.2 Å². The van der Waals surface area contributed by atoms with Crippen molar-refractivity contribution in [2.45, 2.75) is 51.9 Å². The summed E-state index contributed by atoms with van der Waals surface area (Å²) < 4.78 is 11.7. The molecular formula is C30H40N2O5. The molecule has 1 atom stereocenters. The normalized spacial score (nSPS) is 16.8. The summed E-state index contributed by atoms with van der Waals surface area (Å²) in [6.07, 6.45) is 4.34. The molecule has 1 saturated carbocycles. The Labute approximate surface area is 220 Å².